The first-order valence-electron chi connectivity index (χ1n) is 7.65. The van der Waals surface area contributed by atoms with Gasteiger partial charge in [0.15, 0.2) is 11.5 Å². The van der Waals surface area contributed by atoms with Gasteiger partial charge in [-0.15, -0.1) is 0 Å². The normalized spacial score (nSPS) is 10.8. The number of amides is 1. The molecule has 0 radical (unpaired) electrons. The average molecular weight is 325 g/mol. The van der Waals surface area contributed by atoms with Gasteiger partial charge in [0.2, 0.25) is 0 Å². The van der Waals surface area contributed by atoms with E-state index in [1.165, 1.54) is 0 Å². The number of hydrogen-bond acceptors (Lipinski definition) is 4. The maximum atomic E-state index is 12.4. The summed E-state index contributed by atoms with van der Waals surface area (Å²) in [6.45, 7) is 3.87. The quantitative estimate of drug-likeness (QED) is 0.781. The van der Waals surface area contributed by atoms with Crippen LogP contribution in [0.1, 0.15) is 24.2 Å². The van der Waals surface area contributed by atoms with Crippen molar-refractivity contribution in [3.63, 3.8) is 0 Å². The van der Waals surface area contributed by atoms with Gasteiger partial charge in [0.05, 0.1) is 13.2 Å². The summed E-state index contributed by atoms with van der Waals surface area (Å²) in [4.78, 5) is 16.6. The molecule has 2 aromatic heterocycles. The van der Waals surface area contributed by atoms with Crippen LogP contribution in [0, 0.1) is 0 Å². The Balaban J connectivity index is 1.82. The van der Waals surface area contributed by atoms with Crippen LogP contribution in [0.5, 0.6) is 11.5 Å². The lowest BCUT2D eigenvalue weighted by molar-refractivity contribution is 0.102. The Labute approximate surface area is 140 Å². The van der Waals surface area contributed by atoms with Gasteiger partial charge in [0.1, 0.15) is 5.65 Å². The molecule has 3 rings (SSSR count). The summed E-state index contributed by atoms with van der Waals surface area (Å²) in [7, 11) is 1.58. The first-order chi connectivity index (χ1) is 11.6. The molecular weight excluding hydrogens is 306 g/mol. The van der Waals surface area contributed by atoms with Crippen molar-refractivity contribution in [2.45, 2.75) is 20.0 Å². The van der Waals surface area contributed by atoms with Crippen LogP contribution in [0.15, 0.2) is 48.9 Å². The van der Waals surface area contributed by atoms with E-state index >= 15 is 0 Å². The zero-order chi connectivity index (χ0) is 17.1. The highest BCUT2D eigenvalue weighted by Crippen LogP contribution is 2.31. The number of carbonyl (C=O) groups is 1. The Bertz CT molecular complexity index is 871. The van der Waals surface area contributed by atoms with Crippen LogP contribution < -0.4 is 14.8 Å². The lowest BCUT2D eigenvalue weighted by atomic mass is 10.2. The molecule has 0 unspecified atom stereocenters. The van der Waals surface area contributed by atoms with Crippen LogP contribution in [0.3, 0.4) is 0 Å². The number of anilines is 1. The van der Waals surface area contributed by atoms with Gasteiger partial charge in [0.25, 0.3) is 5.91 Å². The maximum Gasteiger partial charge on any atom is 0.255 e. The molecule has 0 bridgehead atoms. The van der Waals surface area contributed by atoms with Gasteiger partial charge in [-0.25, -0.2) is 4.98 Å². The third-order valence-corrected chi connectivity index (χ3v) is 3.44. The van der Waals surface area contributed by atoms with Crippen molar-refractivity contribution in [3.05, 3.63) is 54.5 Å². The SMILES string of the molecule is COc1ccc(NC(=O)c2ccn3ccnc3c2)cc1OC(C)C. The molecule has 0 spiro atoms. The van der Waals surface area contributed by atoms with E-state index in [2.05, 4.69) is 10.3 Å². The zero-order valence-electron chi connectivity index (χ0n) is 13.8. The van der Waals surface area contributed by atoms with Crippen molar-refractivity contribution < 1.29 is 14.3 Å². The van der Waals surface area contributed by atoms with E-state index in [9.17, 15) is 4.79 Å². The maximum absolute atomic E-state index is 12.4. The van der Waals surface area contributed by atoms with E-state index in [4.69, 9.17) is 9.47 Å². The number of aromatic nitrogens is 2. The van der Waals surface area contributed by atoms with Crippen molar-refractivity contribution in [2.24, 2.45) is 0 Å². The fourth-order valence-electron chi connectivity index (χ4n) is 2.36. The number of rotatable bonds is 5. The molecular formula is C18H19N3O3. The Morgan fingerprint density at radius 1 is 1.17 bits per heavy atom. The van der Waals surface area contributed by atoms with Gasteiger partial charge in [0, 0.05) is 35.9 Å². The molecule has 0 saturated heterocycles. The minimum absolute atomic E-state index is 0.00713. The lowest BCUT2D eigenvalue weighted by Gasteiger charge is -2.15. The van der Waals surface area contributed by atoms with Crippen molar-refractivity contribution in [1.29, 1.82) is 0 Å². The molecule has 0 saturated carbocycles. The van der Waals surface area contributed by atoms with Crippen LogP contribution in [0.2, 0.25) is 0 Å². The zero-order valence-corrected chi connectivity index (χ0v) is 13.8. The second kappa shape index (κ2) is 6.62. The Hall–Kier alpha value is -3.02. The smallest absolute Gasteiger partial charge is 0.255 e. The summed E-state index contributed by atoms with van der Waals surface area (Å²) in [5.74, 6) is 1.01. The molecule has 0 aliphatic rings. The lowest BCUT2D eigenvalue weighted by Crippen LogP contribution is -2.13. The summed E-state index contributed by atoms with van der Waals surface area (Å²) in [5, 5.41) is 2.87. The summed E-state index contributed by atoms with van der Waals surface area (Å²) in [6.07, 6.45) is 5.33. The van der Waals surface area contributed by atoms with Crippen molar-refractivity contribution >= 4 is 17.2 Å². The molecule has 0 aliphatic carbocycles. The number of methoxy groups -OCH3 is 1. The molecule has 1 amide bonds. The number of fused-ring (bicyclic) bond motifs is 1. The van der Waals surface area contributed by atoms with Crippen molar-refractivity contribution in [2.75, 3.05) is 12.4 Å². The van der Waals surface area contributed by atoms with E-state index in [0.717, 1.165) is 5.65 Å². The Morgan fingerprint density at radius 2 is 2.00 bits per heavy atom. The van der Waals surface area contributed by atoms with Gasteiger partial charge in [-0.2, -0.15) is 0 Å². The number of carbonyl (C=O) groups excluding carboxylic acids is 1. The van der Waals surface area contributed by atoms with Gasteiger partial charge in [-0.1, -0.05) is 0 Å². The molecule has 0 fully saturated rings. The Kier molecular flexibility index (Phi) is 4.37. The fourth-order valence-corrected chi connectivity index (χ4v) is 2.36. The molecule has 0 atom stereocenters. The summed E-state index contributed by atoms with van der Waals surface area (Å²) >= 11 is 0. The van der Waals surface area contributed by atoms with Crippen LogP contribution in [0.25, 0.3) is 5.65 Å². The number of hydrogen-bond donors (Lipinski definition) is 1. The van der Waals surface area contributed by atoms with E-state index in [1.807, 2.05) is 24.4 Å². The molecule has 2 heterocycles. The van der Waals surface area contributed by atoms with Crippen LogP contribution in [-0.2, 0) is 0 Å². The second-order valence-corrected chi connectivity index (χ2v) is 5.59. The number of pyridine rings is 1. The number of ether oxygens (including phenoxy) is 2. The molecule has 3 aromatic rings. The van der Waals surface area contributed by atoms with Gasteiger partial charge in [-0.3, -0.25) is 4.79 Å². The predicted molar refractivity (Wildman–Crippen MR) is 91.9 cm³/mol. The fraction of sp³-hybridized carbons (Fsp3) is 0.222. The summed E-state index contributed by atoms with van der Waals surface area (Å²) in [6, 6.07) is 8.79. The highest BCUT2D eigenvalue weighted by molar-refractivity contribution is 6.04. The number of benzene rings is 1. The third-order valence-electron chi connectivity index (χ3n) is 3.44. The second-order valence-electron chi connectivity index (χ2n) is 5.59. The highest BCUT2D eigenvalue weighted by Gasteiger charge is 2.11. The molecule has 0 aliphatic heterocycles. The van der Waals surface area contributed by atoms with Gasteiger partial charge >= 0.3 is 0 Å². The van der Waals surface area contributed by atoms with E-state index in [-0.39, 0.29) is 12.0 Å². The van der Waals surface area contributed by atoms with Crippen molar-refractivity contribution in [1.82, 2.24) is 9.38 Å². The molecule has 1 aromatic carbocycles. The minimum Gasteiger partial charge on any atom is -0.493 e. The monoisotopic (exact) mass is 325 g/mol. The van der Waals surface area contributed by atoms with E-state index < -0.39 is 0 Å². The number of imidazole rings is 1. The first kappa shape index (κ1) is 15.9. The van der Waals surface area contributed by atoms with E-state index in [0.29, 0.717) is 22.7 Å². The van der Waals surface area contributed by atoms with Gasteiger partial charge in [-0.05, 0) is 38.1 Å². The topological polar surface area (TPSA) is 64.9 Å². The number of nitrogens with zero attached hydrogens (tertiary/aromatic N) is 2. The van der Waals surface area contributed by atoms with Gasteiger partial charge < -0.3 is 19.2 Å². The summed E-state index contributed by atoms with van der Waals surface area (Å²) < 4.78 is 12.8. The Morgan fingerprint density at radius 3 is 2.75 bits per heavy atom. The molecule has 24 heavy (non-hydrogen) atoms. The summed E-state index contributed by atoms with van der Waals surface area (Å²) in [5.41, 5.74) is 1.90. The molecule has 6 heteroatoms. The first-order valence-corrected chi connectivity index (χ1v) is 7.65. The largest absolute Gasteiger partial charge is 0.493 e. The van der Waals surface area contributed by atoms with Crippen LogP contribution in [0.4, 0.5) is 5.69 Å². The average Bonchev–Trinajstić information content (AvgIpc) is 3.02. The predicted octanol–water partition coefficient (Wildman–Crippen LogP) is 3.38. The van der Waals surface area contributed by atoms with E-state index in [1.54, 1.807) is 49.8 Å². The standard InChI is InChI=1S/C18H19N3O3/c1-12(2)24-16-11-14(4-5-15(16)23-3)20-18(22)13-6-8-21-9-7-19-17(21)10-13/h4-12H,1-3H3,(H,20,22). The van der Waals surface area contributed by atoms with Crippen LogP contribution >= 0.6 is 0 Å². The number of nitrogens with one attached hydrogen (secondary N) is 1. The molecule has 124 valence electrons. The molecule has 6 nitrogen and oxygen atoms in total. The third kappa shape index (κ3) is 3.32. The van der Waals surface area contributed by atoms with Crippen molar-refractivity contribution in [3.8, 4) is 11.5 Å². The molecule has 1 N–H and O–H groups in total. The highest BCUT2D eigenvalue weighted by atomic mass is 16.5. The van der Waals surface area contributed by atoms with Crippen LogP contribution in [-0.4, -0.2) is 28.5 Å². The minimum atomic E-state index is -0.207.